The number of hydrogen-bond acceptors (Lipinski definition) is 4. The molecular weight excluding hydrogens is 280 g/mol. The van der Waals surface area contributed by atoms with Crippen LogP contribution < -0.4 is 5.63 Å². The number of carbonyl (C=O) groups excluding carboxylic acids is 1. The number of hydrogen-bond donors (Lipinski definition) is 1. The van der Waals surface area contributed by atoms with E-state index in [9.17, 15) is 14.7 Å². The molecule has 1 N–H and O–H groups in total. The smallest absolute Gasteiger partial charge is 0.336 e. The molecule has 0 aliphatic carbocycles. The Hall–Kier alpha value is -2.88. The third-order valence-corrected chi connectivity index (χ3v) is 3.66. The predicted octanol–water partition coefficient (Wildman–Crippen LogP) is 3.35. The number of aromatic hydroxyl groups is 1. The first-order valence-corrected chi connectivity index (χ1v) is 6.86. The molecule has 1 heterocycles. The minimum Gasteiger partial charge on any atom is -0.506 e. The molecular formula is C18H14O4. The minimum absolute atomic E-state index is 0.148. The van der Waals surface area contributed by atoms with Gasteiger partial charge in [0.2, 0.25) is 0 Å². The van der Waals surface area contributed by atoms with Gasteiger partial charge in [-0.05, 0) is 31.0 Å². The number of aryl methyl sites for hydroxylation is 2. The third kappa shape index (κ3) is 2.19. The van der Waals surface area contributed by atoms with Gasteiger partial charge >= 0.3 is 5.63 Å². The zero-order chi connectivity index (χ0) is 15.9. The highest BCUT2D eigenvalue weighted by Gasteiger charge is 2.21. The zero-order valence-electron chi connectivity index (χ0n) is 12.2. The normalized spacial score (nSPS) is 10.8. The first kappa shape index (κ1) is 14.1. The van der Waals surface area contributed by atoms with E-state index in [4.69, 9.17) is 4.42 Å². The van der Waals surface area contributed by atoms with Gasteiger partial charge in [0.1, 0.15) is 11.3 Å². The largest absolute Gasteiger partial charge is 0.506 e. The molecule has 0 unspecified atom stereocenters. The van der Waals surface area contributed by atoms with Crippen molar-refractivity contribution in [1.82, 2.24) is 0 Å². The van der Waals surface area contributed by atoms with Crippen molar-refractivity contribution in [2.75, 3.05) is 0 Å². The molecule has 22 heavy (non-hydrogen) atoms. The summed E-state index contributed by atoms with van der Waals surface area (Å²) in [6.45, 7) is 3.41. The monoisotopic (exact) mass is 294 g/mol. The maximum atomic E-state index is 12.7. The summed E-state index contributed by atoms with van der Waals surface area (Å²) in [5, 5.41) is 10.9. The van der Waals surface area contributed by atoms with Crippen LogP contribution in [0.3, 0.4) is 0 Å². The highest BCUT2D eigenvalue weighted by molar-refractivity contribution is 6.14. The molecule has 2 aromatic carbocycles. The molecule has 0 atom stereocenters. The lowest BCUT2D eigenvalue weighted by Crippen LogP contribution is -2.06. The Kier molecular flexibility index (Phi) is 3.29. The van der Waals surface area contributed by atoms with Crippen LogP contribution in [-0.4, -0.2) is 10.9 Å². The molecule has 0 aliphatic heterocycles. The van der Waals surface area contributed by atoms with Crippen molar-refractivity contribution in [2.45, 2.75) is 13.8 Å². The predicted molar refractivity (Wildman–Crippen MR) is 83.5 cm³/mol. The molecule has 0 aliphatic rings. The van der Waals surface area contributed by atoms with E-state index in [0.717, 1.165) is 0 Å². The molecule has 4 heteroatoms. The molecule has 0 bridgehead atoms. The van der Waals surface area contributed by atoms with Crippen molar-refractivity contribution in [2.24, 2.45) is 0 Å². The molecule has 4 nitrogen and oxygen atoms in total. The van der Waals surface area contributed by atoms with Gasteiger partial charge in [0.15, 0.2) is 5.78 Å². The second-order valence-corrected chi connectivity index (χ2v) is 5.23. The van der Waals surface area contributed by atoms with Crippen LogP contribution in [0, 0.1) is 13.8 Å². The quantitative estimate of drug-likeness (QED) is 0.581. The summed E-state index contributed by atoms with van der Waals surface area (Å²) in [7, 11) is 0. The van der Waals surface area contributed by atoms with E-state index in [1.165, 1.54) is 6.07 Å². The number of fused-ring (bicyclic) bond motifs is 1. The summed E-state index contributed by atoms with van der Waals surface area (Å²) in [5.41, 5.74) is 1.67. The van der Waals surface area contributed by atoms with E-state index in [0.29, 0.717) is 22.1 Å². The van der Waals surface area contributed by atoms with Gasteiger partial charge in [-0.3, -0.25) is 4.79 Å². The van der Waals surface area contributed by atoms with Crippen molar-refractivity contribution in [3.63, 3.8) is 0 Å². The van der Waals surface area contributed by atoms with E-state index in [2.05, 4.69) is 0 Å². The van der Waals surface area contributed by atoms with Crippen LogP contribution in [0.4, 0.5) is 0 Å². The van der Waals surface area contributed by atoms with Crippen LogP contribution in [0.2, 0.25) is 0 Å². The average molecular weight is 294 g/mol. The molecule has 0 fully saturated rings. The summed E-state index contributed by atoms with van der Waals surface area (Å²) in [4.78, 5) is 24.1. The number of phenols is 1. The molecule has 0 amide bonds. The average Bonchev–Trinajstić information content (AvgIpc) is 2.46. The van der Waals surface area contributed by atoms with Gasteiger partial charge in [0.05, 0.1) is 10.9 Å². The van der Waals surface area contributed by atoms with Gasteiger partial charge < -0.3 is 9.52 Å². The molecule has 1 aromatic heterocycles. The van der Waals surface area contributed by atoms with Gasteiger partial charge in [0.25, 0.3) is 0 Å². The van der Waals surface area contributed by atoms with Gasteiger partial charge in [-0.15, -0.1) is 0 Å². The second kappa shape index (κ2) is 5.15. The standard InChI is InChI=1S/C18H14O4/c1-10-8-13-15(11(2)9-14(19)22-13)18(21)16(10)17(20)12-6-4-3-5-7-12/h3-9,21H,1-2H3. The van der Waals surface area contributed by atoms with Crippen LogP contribution in [0.5, 0.6) is 5.75 Å². The van der Waals surface area contributed by atoms with Crippen molar-refractivity contribution in [1.29, 1.82) is 0 Å². The van der Waals surface area contributed by atoms with Crippen LogP contribution in [0.25, 0.3) is 11.0 Å². The van der Waals surface area contributed by atoms with Gasteiger partial charge in [0, 0.05) is 11.6 Å². The van der Waals surface area contributed by atoms with Crippen molar-refractivity contribution >= 4 is 16.8 Å². The molecule has 3 aromatic rings. The summed E-state index contributed by atoms with van der Waals surface area (Å²) in [5.74, 6) is -0.409. The fraction of sp³-hybridized carbons (Fsp3) is 0.111. The molecule has 110 valence electrons. The Morgan fingerprint density at radius 1 is 1.05 bits per heavy atom. The fourth-order valence-electron chi connectivity index (χ4n) is 2.64. The molecule has 0 radical (unpaired) electrons. The third-order valence-electron chi connectivity index (χ3n) is 3.66. The van der Waals surface area contributed by atoms with Gasteiger partial charge in [-0.25, -0.2) is 4.79 Å². The van der Waals surface area contributed by atoms with Crippen LogP contribution in [0.1, 0.15) is 27.0 Å². The Morgan fingerprint density at radius 3 is 2.41 bits per heavy atom. The fourth-order valence-corrected chi connectivity index (χ4v) is 2.64. The van der Waals surface area contributed by atoms with Gasteiger partial charge in [-0.1, -0.05) is 30.3 Å². The molecule has 0 saturated carbocycles. The Bertz CT molecular complexity index is 937. The second-order valence-electron chi connectivity index (χ2n) is 5.23. The lowest BCUT2D eigenvalue weighted by atomic mass is 9.95. The van der Waals surface area contributed by atoms with E-state index in [1.807, 2.05) is 6.07 Å². The van der Waals surface area contributed by atoms with Crippen LogP contribution in [0.15, 0.2) is 51.7 Å². The Morgan fingerprint density at radius 2 is 1.73 bits per heavy atom. The van der Waals surface area contributed by atoms with Gasteiger partial charge in [-0.2, -0.15) is 0 Å². The van der Waals surface area contributed by atoms with Crippen molar-refractivity contribution < 1.29 is 14.3 Å². The Balaban J connectivity index is 2.32. The summed E-state index contributed by atoms with van der Waals surface area (Å²) in [6, 6.07) is 11.7. The van der Waals surface area contributed by atoms with E-state index in [-0.39, 0.29) is 22.7 Å². The van der Waals surface area contributed by atoms with E-state index < -0.39 is 5.63 Å². The lowest BCUT2D eigenvalue weighted by Gasteiger charge is -2.11. The number of phenolic OH excluding ortho intramolecular Hbond substituents is 1. The molecule has 3 rings (SSSR count). The first-order chi connectivity index (χ1) is 10.5. The highest BCUT2D eigenvalue weighted by atomic mass is 16.4. The maximum Gasteiger partial charge on any atom is 0.336 e. The van der Waals surface area contributed by atoms with Crippen molar-refractivity contribution in [3.8, 4) is 5.75 Å². The summed E-state index contributed by atoms with van der Waals surface area (Å²) < 4.78 is 5.12. The molecule has 0 spiro atoms. The number of rotatable bonds is 2. The van der Waals surface area contributed by atoms with E-state index >= 15 is 0 Å². The summed E-state index contributed by atoms with van der Waals surface area (Å²) >= 11 is 0. The van der Waals surface area contributed by atoms with E-state index in [1.54, 1.807) is 44.2 Å². The number of carbonyl (C=O) groups is 1. The highest BCUT2D eigenvalue weighted by Crippen LogP contribution is 2.34. The first-order valence-electron chi connectivity index (χ1n) is 6.86. The number of ketones is 1. The number of benzene rings is 2. The molecule has 0 saturated heterocycles. The van der Waals surface area contributed by atoms with Crippen LogP contribution >= 0.6 is 0 Å². The SMILES string of the molecule is Cc1cc2oc(=O)cc(C)c2c(O)c1C(=O)c1ccccc1. The maximum absolute atomic E-state index is 12.7. The lowest BCUT2D eigenvalue weighted by molar-refractivity contribution is 0.103. The zero-order valence-corrected chi connectivity index (χ0v) is 12.2. The van der Waals surface area contributed by atoms with Crippen LogP contribution in [-0.2, 0) is 0 Å². The topological polar surface area (TPSA) is 67.5 Å². The Labute approximate surface area is 126 Å². The van der Waals surface area contributed by atoms with Crippen molar-refractivity contribution in [3.05, 3.63) is 75.1 Å². The minimum atomic E-state index is -0.481. The summed E-state index contributed by atoms with van der Waals surface area (Å²) in [6.07, 6.45) is 0.